The predicted octanol–water partition coefficient (Wildman–Crippen LogP) is 4.25. The summed E-state index contributed by atoms with van der Waals surface area (Å²) in [5.41, 5.74) is 3.77. The van der Waals surface area contributed by atoms with Crippen LogP contribution in [0.2, 0.25) is 0 Å². The third-order valence-electron chi connectivity index (χ3n) is 7.02. The molecule has 1 saturated heterocycles. The molecule has 36 heavy (non-hydrogen) atoms. The fourth-order valence-corrected chi connectivity index (χ4v) is 5.27. The average Bonchev–Trinajstić information content (AvgIpc) is 3.53. The van der Waals surface area contributed by atoms with Gasteiger partial charge in [0.2, 0.25) is 0 Å². The van der Waals surface area contributed by atoms with E-state index in [1.165, 1.54) is 0 Å². The summed E-state index contributed by atoms with van der Waals surface area (Å²) in [6.07, 6.45) is 2.21. The van der Waals surface area contributed by atoms with Crippen molar-refractivity contribution in [3.8, 4) is 0 Å². The molecule has 1 N–H and O–H groups in total. The minimum Gasteiger partial charge on any atom is -0.377 e. The van der Waals surface area contributed by atoms with Gasteiger partial charge in [-0.25, -0.2) is 4.68 Å². The second-order valence-corrected chi connectivity index (χ2v) is 10.1. The molecule has 0 saturated carbocycles. The Labute approximate surface area is 211 Å². The summed E-state index contributed by atoms with van der Waals surface area (Å²) in [7, 11) is 0. The number of hydrogen-bond acceptors (Lipinski definition) is 6. The number of H-pyrrole nitrogens is 1. The minimum atomic E-state index is -0.0829. The number of aromatic amines is 1. The molecule has 1 fully saturated rings. The highest BCUT2D eigenvalue weighted by Crippen LogP contribution is 2.30. The minimum absolute atomic E-state index is 0.0551. The lowest BCUT2D eigenvalue weighted by Gasteiger charge is -2.35. The van der Waals surface area contributed by atoms with E-state index in [1.807, 2.05) is 54.1 Å². The fraction of sp³-hybridized carbons (Fsp3) is 0.429. The van der Waals surface area contributed by atoms with Crippen molar-refractivity contribution in [2.45, 2.75) is 58.8 Å². The first-order chi connectivity index (χ1) is 17.5. The number of tetrazole rings is 1. The quantitative estimate of drug-likeness (QED) is 0.381. The first-order valence-corrected chi connectivity index (χ1v) is 12.8. The molecule has 1 aliphatic heterocycles. The smallest absolute Gasteiger partial charge is 0.252 e. The summed E-state index contributed by atoms with van der Waals surface area (Å²) >= 11 is 0. The molecule has 0 aliphatic carbocycles. The summed E-state index contributed by atoms with van der Waals surface area (Å²) in [4.78, 5) is 18.6. The Bertz CT molecular complexity index is 1360. The van der Waals surface area contributed by atoms with Gasteiger partial charge in [-0.1, -0.05) is 62.4 Å². The third kappa shape index (κ3) is 5.24. The molecule has 5 rings (SSSR count). The third-order valence-corrected chi connectivity index (χ3v) is 7.02. The number of ether oxygens (including phenoxy) is 1. The van der Waals surface area contributed by atoms with Crippen LogP contribution in [0.5, 0.6) is 0 Å². The maximum absolute atomic E-state index is 13.2. The number of para-hydroxylation sites is 1. The van der Waals surface area contributed by atoms with Gasteiger partial charge in [0.25, 0.3) is 5.56 Å². The van der Waals surface area contributed by atoms with Crippen LogP contribution >= 0.6 is 0 Å². The Morgan fingerprint density at radius 1 is 1.17 bits per heavy atom. The SMILES string of the molecule is Cc1cccc2cc(CN(CC3CCCO3)C(c3nnnn3Cc3ccccc3)C(C)C)c(=O)[nH]c12. The van der Waals surface area contributed by atoms with Crippen molar-refractivity contribution in [1.29, 1.82) is 0 Å². The summed E-state index contributed by atoms with van der Waals surface area (Å²) in [5.74, 6) is 1.02. The molecule has 4 aromatic rings. The molecule has 8 nitrogen and oxygen atoms in total. The van der Waals surface area contributed by atoms with Gasteiger partial charge in [-0.05, 0) is 58.7 Å². The van der Waals surface area contributed by atoms with Crippen molar-refractivity contribution in [2.75, 3.05) is 13.2 Å². The van der Waals surface area contributed by atoms with Crippen LogP contribution in [0.1, 0.15) is 55.2 Å². The van der Waals surface area contributed by atoms with E-state index >= 15 is 0 Å². The van der Waals surface area contributed by atoms with E-state index in [1.54, 1.807) is 0 Å². The van der Waals surface area contributed by atoms with E-state index in [4.69, 9.17) is 4.74 Å². The number of benzene rings is 2. The number of aromatic nitrogens is 5. The lowest BCUT2D eigenvalue weighted by atomic mass is 9.99. The van der Waals surface area contributed by atoms with Crippen LogP contribution in [-0.4, -0.2) is 49.3 Å². The number of rotatable bonds is 9. The van der Waals surface area contributed by atoms with Crippen LogP contribution in [-0.2, 0) is 17.8 Å². The lowest BCUT2D eigenvalue weighted by Crippen LogP contribution is -2.40. The van der Waals surface area contributed by atoms with Crippen molar-refractivity contribution in [3.05, 3.63) is 87.5 Å². The standard InChI is InChI=1S/C28H34N6O2/c1-19(2)26(27-30-31-32-34(27)16-21-10-5-4-6-11-21)33(18-24-13-8-14-36-24)17-23-15-22-12-7-9-20(3)25(22)29-28(23)35/h4-7,9-12,15,19,24,26H,8,13-14,16-18H2,1-3H3,(H,29,35). The predicted molar refractivity (Wildman–Crippen MR) is 140 cm³/mol. The van der Waals surface area contributed by atoms with Gasteiger partial charge in [-0.2, -0.15) is 0 Å². The van der Waals surface area contributed by atoms with E-state index < -0.39 is 0 Å². The molecule has 3 heterocycles. The van der Waals surface area contributed by atoms with Gasteiger partial charge in [-0.3, -0.25) is 9.69 Å². The molecule has 0 spiro atoms. The van der Waals surface area contributed by atoms with Crippen LogP contribution in [0.25, 0.3) is 10.9 Å². The van der Waals surface area contributed by atoms with E-state index in [0.717, 1.165) is 52.9 Å². The molecule has 0 radical (unpaired) electrons. The zero-order valence-electron chi connectivity index (χ0n) is 21.2. The second kappa shape index (κ2) is 10.7. The Kier molecular flexibility index (Phi) is 7.25. The van der Waals surface area contributed by atoms with Gasteiger partial charge in [0.05, 0.1) is 24.2 Å². The fourth-order valence-electron chi connectivity index (χ4n) is 5.27. The normalized spacial score (nSPS) is 16.9. The highest BCUT2D eigenvalue weighted by Gasteiger charge is 2.32. The van der Waals surface area contributed by atoms with Crippen molar-refractivity contribution < 1.29 is 4.74 Å². The highest BCUT2D eigenvalue weighted by molar-refractivity contribution is 5.81. The number of nitrogens with zero attached hydrogens (tertiary/aromatic N) is 5. The Morgan fingerprint density at radius 2 is 2.00 bits per heavy atom. The second-order valence-electron chi connectivity index (χ2n) is 10.1. The zero-order valence-corrected chi connectivity index (χ0v) is 21.2. The van der Waals surface area contributed by atoms with Crippen LogP contribution in [0.3, 0.4) is 0 Å². The number of nitrogens with one attached hydrogen (secondary N) is 1. The molecule has 188 valence electrons. The van der Waals surface area contributed by atoms with Crippen LogP contribution < -0.4 is 5.56 Å². The largest absolute Gasteiger partial charge is 0.377 e. The lowest BCUT2D eigenvalue weighted by molar-refractivity contribution is 0.0385. The van der Waals surface area contributed by atoms with Gasteiger partial charge in [0.1, 0.15) is 0 Å². The summed E-state index contributed by atoms with van der Waals surface area (Å²) in [6.45, 7) is 8.96. The van der Waals surface area contributed by atoms with E-state index in [9.17, 15) is 4.79 Å². The van der Waals surface area contributed by atoms with Gasteiger partial charge >= 0.3 is 0 Å². The molecular weight excluding hydrogens is 452 g/mol. The highest BCUT2D eigenvalue weighted by atomic mass is 16.5. The molecule has 8 heteroatoms. The summed E-state index contributed by atoms with van der Waals surface area (Å²) in [6, 6.07) is 18.2. The van der Waals surface area contributed by atoms with Crippen molar-refractivity contribution in [3.63, 3.8) is 0 Å². The molecule has 0 amide bonds. The van der Waals surface area contributed by atoms with E-state index in [-0.39, 0.29) is 23.6 Å². The van der Waals surface area contributed by atoms with Crippen molar-refractivity contribution >= 4 is 10.9 Å². The maximum atomic E-state index is 13.2. The molecular formula is C28H34N6O2. The molecule has 2 atom stereocenters. The number of aryl methyl sites for hydroxylation is 1. The van der Waals surface area contributed by atoms with Crippen LogP contribution in [0, 0.1) is 12.8 Å². The van der Waals surface area contributed by atoms with Gasteiger partial charge in [-0.15, -0.1) is 5.10 Å². The summed E-state index contributed by atoms with van der Waals surface area (Å²) < 4.78 is 7.91. The number of fused-ring (bicyclic) bond motifs is 1. The molecule has 0 bridgehead atoms. The zero-order chi connectivity index (χ0) is 25.1. The molecule has 2 aromatic heterocycles. The first kappa shape index (κ1) is 24.3. The topological polar surface area (TPSA) is 88.9 Å². The molecule has 2 unspecified atom stereocenters. The van der Waals surface area contributed by atoms with Gasteiger partial charge in [0, 0.05) is 25.3 Å². The Balaban J connectivity index is 1.51. The Morgan fingerprint density at radius 3 is 2.75 bits per heavy atom. The van der Waals surface area contributed by atoms with Crippen molar-refractivity contribution in [1.82, 2.24) is 30.1 Å². The summed E-state index contributed by atoms with van der Waals surface area (Å²) in [5, 5.41) is 13.9. The van der Waals surface area contributed by atoms with Gasteiger partial charge < -0.3 is 9.72 Å². The van der Waals surface area contributed by atoms with E-state index in [0.29, 0.717) is 19.6 Å². The van der Waals surface area contributed by atoms with Crippen molar-refractivity contribution in [2.24, 2.45) is 5.92 Å². The van der Waals surface area contributed by atoms with Gasteiger partial charge in [0.15, 0.2) is 5.82 Å². The number of hydrogen-bond donors (Lipinski definition) is 1. The number of pyridine rings is 1. The molecule has 1 aliphatic rings. The average molecular weight is 487 g/mol. The van der Waals surface area contributed by atoms with Crippen LogP contribution in [0.4, 0.5) is 0 Å². The monoisotopic (exact) mass is 486 g/mol. The maximum Gasteiger partial charge on any atom is 0.252 e. The first-order valence-electron chi connectivity index (χ1n) is 12.8. The molecule has 2 aromatic carbocycles. The van der Waals surface area contributed by atoms with Crippen LogP contribution in [0.15, 0.2) is 59.4 Å². The van der Waals surface area contributed by atoms with E-state index in [2.05, 4.69) is 51.4 Å². The Hall–Kier alpha value is -3.36.